The fourth-order valence-corrected chi connectivity index (χ4v) is 3.71. The van der Waals surface area contributed by atoms with Crippen molar-refractivity contribution in [1.82, 2.24) is 16.2 Å². The normalized spacial score (nSPS) is 25.1. The predicted molar refractivity (Wildman–Crippen MR) is 95.7 cm³/mol. The van der Waals surface area contributed by atoms with E-state index in [2.05, 4.69) is 34.4 Å². The number of nitrogens with one attached hydrogen (secondary N) is 3. The van der Waals surface area contributed by atoms with Gasteiger partial charge in [-0.3, -0.25) is 5.43 Å². The Hall–Kier alpha value is -1.33. The van der Waals surface area contributed by atoms with Crippen LogP contribution < -0.4 is 16.2 Å². The molecule has 1 aromatic carbocycles. The van der Waals surface area contributed by atoms with Crippen LogP contribution in [-0.4, -0.2) is 13.1 Å². The van der Waals surface area contributed by atoms with E-state index in [4.69, 9.17) is 16.0 Å². The molecule has 1 aromatic heterocycles. The van der Waals surface area contributed by atoms with Gasteiger partial charge >= 0.3 is 0 Å². The van der Waals surface area contributed by atoms with Crippen LogP contribution in [0.5, 0.6) is 0 Å². The van der Waals surface area contributed by atoms with Crippen LogP contribution in [-0.2, 0) is 0 Å². The maximum absolute atomic E-state index is 6.03. The van der Waals surface area contributed by atoms with Crippen molar-refractivity contribution in [3.63, 3.8) is 0 Å². The highest BCUT2D eigenvalue weighted by molar-refractivity contribution is 6.30. The zero-order valence-corrected chi connectivity index (χ0v) is 14.6. The monoisotopic (exact) mass is 345 g/mol. The Morgan fingerprint density at radius 3 is 2.67 bits per heavy atom. The lowest BCUT2D eigenvalue weighted by Gasteiger charge is -2.23. The molecule has 3 atom stereocenters. The van der Waals surface area contributed by atoms with Crippen molar-refractivity contribution in [3.05, 3.63) is 58.5 Å². The summed E-state index contributed by atoms with van der Waals surface area (Å²) >= 11 is 6.03. The average molecular weight is 346 g/mol. The molecule has 2 aliphatic rings. The van der Waals surface area contributed by atoms with Crippen LogP contribution in [0.2, 0.25) is 5.02 Å². The van der Waals surface area contributed by atoms with Crippen LogP contribution in [0, 0.1) is 18.8 Å². The molecule has 1 saturated carbocycles. The minimum absolute atomic E-state index is 0.219. The molecule has 128 valence electrons. The van der Waals surface area contributed by atoms with E-state index in [1.54, 1.807) is 0 Å². The minimum atomic E-state index is 0.219. The highest BCUT2D eigenvalue weighted by Gasteiger charge is 2.35. The van der Waals surface area contributed by atoms with Crippen molar-refractivity contribution in [2.75, 3.05) is 13.1 Å². The lowest BCUT2D eigenvalue weighted by molar-refractivity contribution is 0.343. The fourth-order valence-electron chi connectivity index (χ4n) is 3.58. The summed E-state index contributed by atoms with van der Waals surface area (Å²) in [6.45, 7) is 3.88. The number of aryl methyl sites for hydroxylation is 1. The van der Waals surface area contributed by atoms with Crippen molar-refractivity contribution in [2.24, 2.45) is 11.8 Å². The van der Waals surface area contributed by atoms with E-state index in [0.29, 0.717) is 12.0 Å². The van der Waals surface area contributed by atoms with Crippen molar-refractivity contribution in [3.8, 4) is 0 Å². The lowest BCUT2D eigenvalue weighted by atomic mass is 9.97. The molecule has 4 rings (SSSR count). The molecule has 0 radical (unpaired) electrons. The van der Waals surface area contributed by atoms with Gasteiger partial charge in [0.25, 0.3) is 0 Å². The van der Waals surface area contributed by atoms with E-state index < -0.39 is 0 Å². The Morgan fingerprint density at radius 1 is 1.21 bits per heavy atom. The summed E-state index contributed by atoms with van der Waals surface area (Å²) in [5.74, 6) is 3.18. The van der Waals surface area contributed by atoms with Crippen LogP contribution in [0.1, 0.15) is 42.0 Å². The number of hydrogen-bond donors (Lipinski definition) is 3. The van der Waals surface area contributed by atoms with Gasteiger partial charge in [0.15, 0.2) is 0 Å². The first-order valence-corrected chi connectivity index (χ1v) is 9.12. The highest BCUT2D eigenvalue weighted by Crippen LogP contribution is 2.41. The summed E-state index contributed by atoms with van der Waals surface area (Å²) in [5, 5.41) is 4.60. The fraction of sp³-hybridized carbons (Fsp3) is 0.474. The summed E-state index contributed by atoms with van der Waals surface area (Å²) in [4.78, 5) is 0. The van der Waals surface area contributed by atoms with Crippen LogP contribution in [0.3, 0.4) is 0 Å². The summed E-state index contributed by atoms with van der Waals surface area (Å²) in [6.07, 6.45) is 2.62. The third-order valence-corrected chi connectivity index (χ3v) is 5.34. The van der Waals surface area contributed by atoms with E-state index in [0.717, 1.165) is 35.6 Å². The maximum Gasteiger partial charge on any atom is 0.122 e. The Labute approximate surface area is 147 Å². The minimum Gasteiger partial charge on any atom is -0.465 e. The first kappa shape index (κ1) is 16.2. The van der Waals surface area contributed by atoms with Gasteiger partial charge in [0.2, 0.25) is 0 Å². The predicted octanol–water partition coefficient (Wildman–Crippen LogP) is 3.75. The van der Waals surface area contributed by atoms with Gasteiger partial charge in [-0.15, -0.1) is 0 Å². The molecule has 0 amide bonds. The third kappa shape index (κ3) is 3.52. The van der Waals surface area contributed by atoms with Gasteiger partial charge in [0.1, 0.15) is 11.5 Å². The summed E-state index contributed by atoms with van der Waals surface area (Å²) in [6, 6.07) is 13.0. The molecule has 3 N–H and O–H groups in total. The summed E-state index contributed by atoms with van der Waals surface area (Å²) in [5.41, 5.74) is 7.97. The van der Waals surface area contributed by atoms with Crippen LogP contribution in [0.15, 0.2) is 40.8 Å². The van der Waals surface area contributed by atoms with Crippen molar-refractivity contribution >= 4 is 11.6 Å². The zero-order valence-electron chi connectivity index (χ0n) is 13.9. The molecule has 24 heavy (non-hydrogen) atoms. The summed E-state index contributed by atoms with van der Waals surface area (Å²) < 4.78 is 5.82. The second-order valence-corrected chi connectivity index (χ2v) is 7.42. The topological polar surface area (TPSA) is 49.2 Å². The SMILES string of the molecule is Cc1ccc(C2NNCC2CNC(c2ccc(Cl)cc2)C2CC2)o1. The Balaban J connectivity index is 1.43. The van der Waals surface area contributed by atoms with Crippen LogP contribution >= 0.6 is 11.6 Å². The van der Waals surface area contributed by atoms with Crippen molar-refractivity contribution < 1.29 is 4.42 Å². The Kier molecular flexibility index (Phi) is 4.63. The van der Waals surface area contributed by atoms with E-state index in [9.17, 15) is 0 Å². The second kappa shape index (κ2) is 6.89. The zero-order chi connectivity index (χ0) is 16.5. The van der Waals surface area contributed by atoms with Crippen LogP contribution in [0.4, 0.5) is 0 Å². The number of hydrogen-bond acceptors (Lipinski definition) is 4. The molecular formula is C19H24ClN3O. The standard InChI is InChI=1S/C19H24ClN3O/c1-12-2-9-17(24-12)19-15(11-22-23-19)10-21-18(13-3-4-13)14-5-7-16(20)8-6-14/h2,5-9,13,15,18-19,21-23H,3-4,10-11H2,1H3. The molecule has 5 heteroatoms. The van der Waals surface area contributed by atoms with E-state index in [1.165, 1.54) is 18.4 Å². The number of hydrazine groups is 1. The smallest absolute Gasteiger partial charge is 0.122 e. The molecule has 2 fully saturated rings. The first-order chi connectivity index (χ1) is 11.7. The number of furan rings is 1. The molecule has 1 saturated heterocycles. The van der Waals surface area contributed by atoms with E-state index in [-0.39, 0.29) is 6.04 Å². The highest BCUT2D eigenvalue weighted by atomic mass is 35.5. The molecular weight excluding hydrogens is 322 g/mol. The van der Waals surface area contributed by atoms with Gasteiger partial charge < -0.3 is 9.73 Å². The molecule has 3 unspecified atom stereocenters. The van der Waals surface area contributed by atoms with Gasteiger partial charge in [0.05, 0.1) is 6.04 Å². The molecule has 2 aromatic rings. The Morgan fingerprint density at radius 2 is 2.00 bits per heavy atom. The van der Waals surface area contributed by atoms with E-state index in [1.807, 2.05) is 25.1 Å². The largest absolute Gasteiger partial charge is 0.465 e. The molecule has 2 heterocycles. The molecule has 0 spiro atoms. The number of halogens is 1. The Bertz CT molecular complexity index is 680. The molecule has 1 aliphatic heterocycles. The van der Waals surface area contributed by atoms with Gasteiger partial charge in [-0.2, -0.15) is 0 Å². The average Bonchev–Trinajstić information content (AvgIpc) is 3.14. The maximum atomic E-state index is 6.03. The van der Waals surface area contributed by atoms with Gasteiger partial charge in [-0.1, -0.05) is 23.7 Å². The second-order valence-electron chi connectivity index (χ2n) is 6.99. The van der Waals surface area contributed by atoms with E-state index >= 15 is 0 Å². The number of benzene rings is 1. The third-order valence-electron chi connectivity index (χ3n) is 5.08. The van der Waals surface area contributed by atoms with Crippen molar-refractivity contribution in [2.45, 2.75) is 31.8 Å². The molecule has 1 aliphatic carbocycles. The van der Waals surface area contributed by atoms with Gasteiger partial charge in [-0.25, -0.2) is 5.43 Å². The summed E-state index contributed by atoms with van der Waals surface area (Å²) in [7, 11) is 0. The van der Waals surface area contributed by atoms with Crippen LogP contribution in [0.25, 0.3) is 0 Å². The number of rotatable bonds is 6. The first-order valence-electron chi connectivity index (χ1n) is 8.74. The molecule has 4 nitrogen and oxygen atoms in total. The lowest BCUT2D eigenvalue weighted by Crippen LogP contribution is -2.32. The van der Waals surface area contributed by atoms with Gasteiger partial charge in [-0.05, 0) is 55.5 Å². The van der Waals surface area contributed by atoms with Crippen molar-refractivity contribution in [1.29, 1.82) is 0 Å². The quantitative estimate of drug-likeness (QED) is 0.746. The van der Waals surface area contributed by atoms with Gasteiger partial charge in [0, 0.05) is 30.1 Å². The molecule has 0 bridgehead atoms.